The monoisotopic (exact) mass is 221 g/mol. The Morgan fingerprint density at radius 2 is 1.88 bits per heavy atom. The molecule has 3 heteroatoms. The molecule has 0 aromatic heterocycles. The van der Waals surface area contributed by atoms with Crippen LogP contribution in [0, 0.1) is 0 Å². The van der Waals surface area contributed by atoms with Gasteiger partial charge in [-0.1, -0.05) is 31.2 Å². The van der Waals surface area contributed by atoms with Crippen molar-refractivity contribution in [3.63, 3.8) is 0 Å². The third kappa shape index (κ3) is 4.94. The third-order valence-corrected chi connectivity index (χ3v) is 2.41. The summed E-state index contributed by atoms with van der Waals surface area (Å²) in [6, 6.07) is 8.12. The molecule has 1 rings (SSSR count). The number of carboxylic acid groups (broad SMARTS) is 1. The van der Waals surface area contributed by atoms with Gasteiger partial charge in [-0.25, -0.2) is 0 Å². The summed E-state index contributed by atoms with van der Waals surface area (Å²) in [5.74, 6) is -0.742. The van der Waals surface area contributed by atoms with Crippen LogP contribution in [0.2, 0.25) is 0 Å². The summed E-state index contributed by atoms with van der Waals surface area (Å²) < 4.78 is 0. The van der Waals surface area contributed by atoms with Crippen LogP contribution in [-0.4, -0.2) is 17.6 Å². The van der Waals surface area contributed by atoms with Crippen LogP contribution < -0.4 is 5.32 Å². The lowest BCUT2D eigenvalue weighted by Crippen LogP contribution is -2.13. The van der Waals surface area contributed by atoms with E-state index in [1.54, 1.807) is 0 Å². The van der Waals surface area contributed by atoms with Crippen LogP contribution >= 0.6 is 0 Å². The van der Waals surface area contributed by atoms with Crippen molar-refractivity contribution in [1.82, 2.24) is 5.32 Å². The summed E-state index contributed by atoms with van der Waals surface area (Å²) in [5, 5.41) is 11.9. The molecule has 1 aromatic rings. The van der Waals surface area contributed by atoms with E-state index < -0.39 is 5.97 Å². The highest BCUT2D eigenvalue weighted by molar-refractivity contribution is 5.67. The zero-order valence-electron chi connectivity index (χ0n) is 9.70. The van der Waals surface area contributed by atoms with Crippen LogP contribution in [0.5, 0.6) is 0 Å². The zero-order valence-corrected chi connectivity index (χ0v) is 9.70. The zero-order chi connectivity index (χ0) is 11.8. The highest BCUT2D eigenvalue weighted by Crippen LogP contribution is 2.06. The molecule has 0 fully saturated rings. The number of hydrogen-bond donors (Lipinski definition) is 2. The Kier molecular flexibility index (Phi) is 5.57. The summed E-state index contributed by atoms with van der Waals surface area (Å²) in [4.78, 5) is 10.4. The molecule has 0 aliphatic carbocycles. The first-order valence-corrected chi connectivity index (χ1v) is 5.72. The molecular weight excluding hydrogens is 202 g/mol. The fraction of sp³-hybridized carbons (Fsp3) is 0.462. The molecule has 0 saturated carbocycles. The van der Waals surface area contributed by atoms with Gasteiger partial charge in [-0.2, -0.15) is 0 Å². The van der Waals surface area contributed by atoms with Gasteiger partial charge in [0.15, 0.2) is 0 Å². The maximum atomic E-state index is 10.4. The van der Waals surface area contributed by atoms with Crippen LogP contribution in [0.15, 0.2) is 24.3 Å². The number of nitrogens with one attached hydrogen (secondary N) is 1. The minimum Gasteiger partial charge on any atom is -0.481 e. The maximum Gasteiger partial charge on any atom is 0.303 e. The number of hydrogen-bond acceptors (Lipinski definition) is 2. The van der Waals surface area contributed by atoms with Crippen LogP contribution in [0.3, 0.4) is 0 Å². The first kappa shape index (κ1) is 12.7. The molecule has 0 aliphatic heterocycles. The lowest BCUT2D eigenvalue weighted by molar-refractivity contribution is -0.136. The Morgan fingerprint density at radius 1 is 1.25 bits per heavy atom. The highest BCUT2D eigenvalue weighted by Gasteiger charge is 1.99. The van der Waals surface area contributed by atoms with Gasteiger partial charge in [0.2, 0.25) is 0 Å². The van der Waals surface area contributed by atoms with Gasteiger partial charge in [0.1, 0.15) is 0 Å². The number of rotatable bonds is 7. The van der Waals surface area contributed by atoms with E-state index in [2.05, 4.69) is 24.4 Å². The van der Waals surface area contributed by atoms with Gasteiger partial charge in [-0.15, -0.1) is 0 Å². The summed E-state index contributed by atoms with van der Waals surface area (Å²) >= 11 is 0. The molecule has 1 aromatic carbocycles. The molecule has 2 N–H and O–H groups in total. The molecule has 3 nitrogen and oxygen atoms in total. The van der Waals surface area contributed by atoms with E-state index in [4.69, 9.17) is 5.11 Å². The average Bonchev–Trinajstić information content (AvgIpc) is 2.28. The molecule has 0 atom stereocenters. The number of aryl methyl sites for hydroxylation is 1. The molecule has 0 unspecified atom stereocenters. The Balaban J connectivity index is 2.38. The molecule has 0 heterocycles. The molecule has 0 amide bonds. The normalized spacial score (nSPS) is 10.3. The number of carbonyl (C=O) groups is 1. The van der Waals surface area contributed by atoms with E-state index in [0.717, 1.165) is 25.1 Å². The smallest absolute Gasteiger partial charge is 0.303 e. The topological polar surface area (TPSA) is 49.3 Å². The van der Waals surface area contributed by atoms with Crippen molar-refractivity contribution in [3.8, 4) is 0 Å². The van der Waals surface area contributed by atoms with Crippen LogP contribution in [0.1, 0.15) is 30.9 Å². The van der Waals surface area contributed by atoms with Gasteiger partial charge in [-0.3, -0.25) is 4.79 Å². The fourth-order valence-electron chi connectivity index (χ4n) is 1.48. The van der Waals surface area contributed by atoms with E-state index in [1.165, 1.54) is 5.56 Å². The second-order valence-electron chi connectivity index (χ2n) is 3.89. The van der Waals surface area contributed by atoms with Crippen molar-refractivity contribution in [2.24, 2.45) is 0 Å². The molecule has 0 bridgehead atoms. The van der Waals surface area contributed by atoms with Gasteiger partial charge in [0.25, 0.3) is 0 Å². The predicted octanol–water partition coefficient (Wildman–Crippen LogP) is 2.20. The molecule has 16 heavy (non-hydrogen) atoms. The molecule has 0 aliphatic rings. The average molecular weight is 221 g/mol. The lowest BCUT2D eigenvalue weighted by atomic mass is 10.1. The quantitative estimate of drug-likeness (QED) is 0.694. The van der Waals surface area contributed by atoms with Crippen molar-refractivity contribution in [2.75, 3.05) is 6.54 Å². The highest BCUT2D eigenvalue weighted by atomic mass is 16.4. The Bertz CT molecular complexity index is 319. The minimum atomic E-state index is -0.742. The van der Waals surface area contributed by atoms with Gasteiger partial charge in [0, 0.05) is 13.0 Å². The molecular formula is C13H19NO2. The van der Waals surface area contributed by atoms with Crippen LogP contribution in [0.4, 0.5) is 0 Å². The molecule has 0 spiro atoms. The number of aliphatic carboxylic acids is 1. The first-order chi connectivity index (χ1) is 7.72. The van der Waals surface area contributed by atoms with Gasteiger partial charge in [0.05, 0.1) is 0 Å². The molecule has 0 radical (unpaired) electrons. The van der Waals surface area contributed by atoms with Crippen molar-refractivity contribution in [2.45, 2.75) is 32.7 Å². The fourth-order valence-corrected chi connectivity index (χ4v) is 1.48. The van der Waals surface area contributed by atoms with Crippen LogP contribution in [0.25, 0.3) is 0 Å². The van der Waals surface area contributed by atoms with Gasteiger partial charge >= 0.3 is 5.97 Å². The number of carboxylic acids is 1. The standard InChI is InChI=1S/C13H19NO2/c1-2-9-14-10-12-5-3-11(4-6-12)7-8-13(15)16/h3-6,14H,2,7-10H2,1H3,(H,15,16). The Labute approximate surface area is 96.5 Å². The van der Waals surface area contributed by atoms with E-state index in [9.17, 15) is 4.79 Å². The van der Waals surface area contributed by atoms with Crippen LogP contribution in [-0.2, 0) is 17.8 Å². The van der Waals surface area contributed by atoms with Gasteiger partial charge in [-0.05, 0) is 30.5 Å². The predicted molar refractivity (Wildman–Crippen MR) is 64.4 cm³/mol. The van der Waals surface area contributed by atoms with Crippen molar-refractivity contribution in [3.05, 3.63) is 35.4 Å². The number of benzene rings is 1. The largest absolute Gasteiger partial charge is 0.481 e. The second-order valence-corrected chi connectivity index (χ2v) is 3.89. The van der Waals surface area contributed by atoms with Crippen molar-refractivity contribution >= 4 is 5.97 Å². The second kappa shape index (κ2) is 7.01. The summed E-state index contributed by atoms with van der Waals surface area (Å²) in [6.07, 6.45) is 1.95. The summed E-state index contributed by atoms with van der Waals surface area (Å²) in [7, 11) is 0. The van der Waals surface area contributed by atoms with Gasteiger partial charge < -0.3 is 10.4 Å². The molecule has 88 valence electrons. The van der Waals surface area contributed by atoms with Crippen molar-refractivity contribution in [1.29, 1.82) is 0 Å². The Morgan fingerprint density at radius 3 is 2.44 bits per heavy atom. The van der Waals surface area contributed by atoms with E-state index in [0.29, 0.717) is 6.42 Å². The SMILES string of the molecule is CCCNCc1ccc(CCC(=O)O)cc1. The minimum absolute atomic E-state index is 0.202. The van der Waals surface area contributed by atoms with Crippen molar-refractivity contribution < 1.29 is 9.90 Å². The third-order valence-electron chi connectivity index (χ3n) is 2.41. The van der Waals surface area contributed by atoms with E-state index in [1.807, 2.05) is 12.1 Å². The molecule has 0 saturated heterocycles. The van der Waals surface area contributed by atoms with E-state index in [-0.39, 0.29) is 6.42 Å². The first-order valence-electron chi connectivity index (χ1n) is 5.72. The maximum absolute atomic E-state index is 10.4. The Hall–Kier alpha value is -1.35. The summed E-state index contributed by atoms with van der Waals surface area (Å²) in [6.45, 7) is 4.05. The lowest BCUT2D eigenvalue weighted by Gasteiger charge is -2.04. The van der Waals surface area contributed by atoms with E-state index >= 15 is 0 Å². The summed E-state index contributed by atoms with van der Waals surface area (Å²) in [5.41, 5.74) is 2.33.